The lowest BCUT2D eigenvalue weighted by Gasteiger charge is -2.40. The topological polar surface area (TPSA) is 58.7 Å². The maximum atomic E-state index is 12.1. The number of hydrogen-bond acceptors (Lipinski definition) is 3. The SMILES string of the molecule is Cn1nc2c(c1-c1ccccc1)CCC1CC(=O)C(C#N)=CC21C. The normalized spacial score (nSPS) is 25.5. The molecule has 2 aromatic rings. The number of carbonyl (C=O) groups excluding carboxylic acids is 1. The summed E-state index contributed by atoms with van der Waals surface area (Å²) in [7, 11) is 1.97. The largest absolute Gasteiger partial charge is 0.293 e. The van der Waals surface area contributed by atoms with Crippen molar-refractivity contribution in [2.24, 2.45) is 13.0 Å². The summed E-state index contributed by atoms with van der Waals surface area (Å²) < 4.78 is 1.95. The molecule has 4 heteroatoms. The van der Waals surface area contributed by atoms with Crippen LogP contribution in [0.1, 0.15) is 31.0 Å². The van der Waals surface area contributed by atoms with Crippen molar-refractivity contribution in [2.75, 3.05) is 0 Å². The fourth-order valence-electron chi connectivity index (χ4n) is 4.32. The Morgan fingerprint density at radius 2 is 2.08 bits per heavy atom. The Hall–Kier alpha value is -2.67. The van der Waals surface area contributed by atoms with E-state index in [1.54, 1.807) is 0 Å². The van der Waals surface area contributed by atoms with Gasteiger partial charge in [-0.25, -0.2) is 0 Å². The van der Waals surface area contributed by atoms with E-state index in [9.17, 15) is 10.1 Å². The van der Waals surface area contributed by atoms with Crippen molar-refractivity contribution in [2.45, 2.75) is 31.6 Å². The molecule has 1 aromatic carbocycles. The number of benzene rings is 1. The second-order valence-electron chi connectivity index (χ2n) is 6.98. The Balaban J connectivity index is 1.93. The number of Topliss-reactive ketones (excluding diaryl/α,β-unsaturated/α-hetero) is 1. The summed E-state index contributed by atoms with van der Waals surface area (Å²) in [5.41, 5.74) is 4.54. The standard InChI is InChI=1S/C20H19N3O/c1-20-11-14(12-21)17(24)10-15(20)8-9-16-18(23(2)22-19(16)20)13-6-4-3-5-7-13/h3-7,11,15H,8-10H2,1-2H3. The van der Waals surface area contributed by atoms with Gasteiger partial charge in [0, 0.05) is 30.0 Å². The number of aryl methyl sites for hydroxylation is 1. The molecule has 1 heterocycles. The molecule has 2 atom stereocenters. The monoisotopic (exact) mass is 317 g/mol. The van der Waals surface area contributed by atoms with Gasteiger partial charge in [-0.1, -0.05) is 43.3 Å². The zero-order valence-corrected chi connectivity index (χ0v) is 13.9. The minimum absolute atomic E-state index is 0.0253. The van der Waals surface area contributed by atoms with Crippen LogP contribution in [0.5, 0.6) is 0 Å². The number of rotatable bonds is 1. The molecule has 4 nitrogen and oxygen atoms in total. The third kappa shape index (κ3) is 1.98. The quantitative estimate of drug-likeness (QED) is 0.810. The summed E-state index contributed by atoms with van der Waals surface area (Å²) in [6.07, 6.45) is 4.20. The predicted molar refractivity (Wildman–Crippen MR) is 91.1 cm³/mol. The molecule has 0 radical (unpaired) electrons. The van der Waals surface area contributed by atoms with E-state index in [4.69, 9.17) is 5.10 Å². The summed E-state index contributed by atoms with van der Waals surface area (Å²) in [6.45, 7) is 2.13. The summed E-state index contributed by atoms with van der Waals surface area (Å²) in [5, 5.41) is 14.1. The van der Waals surface area contributed by atoms with Gasteiger partial charge >= 0.3 is 0 Å². The zero-order valence-electron chi connectivity index (χ0n) is 13.9. The molecule has 24 heavy (non-hydrogen) atoms. The number of nitrogens with zero attached hydrogens (tertiary/aromatic N) is 3. The van der Waals surface area contributed by atoms with Crippen LogP contribution in [-0.4, -0.2) is 15.6 Å². The maximum Gasteiger partial charge on any atom is 0.173 e. The van der Waals surface area contributed by atoms with Crippen LogP contribution in [0.3, 0.4) is 0 Å². The fraction of sp³-hybridized carbons (Fsp3) is 0.350. The molecule has 2 unspecified atom stereocenters. The predicted octanol–water partition coefficient (Wildman–Crippen LogP) is 3.33. The number of fused-ring (bicyclic) bond motifs is 3. The molecule has 0 saturated carbocycles. The van der Waals surface area contributed by atoms with Gasteiger partial charge in [0.1, 0.15) is 6.07 Å². The Kier molecular flexibility index (Phi) is 3.21. The van der Waals surface area contributed by atoms with Crippen LogP contribution in [0.2, 0.25) is 0 Å². The smallest absolute Gasteiger partial charge is 0.173 e. The third-order valence-corrected chi connectivity index (χ3v) is 5.59. The Bertz CT molecular complexity index is 901. The molecule has 0 bridgehead atoms. The summed E-state index contributed by atoms with van der Waals surface area (Å²) in [6, 6.07) is 12.4. The molecule has 0 fully saturated rings. The Labute approximate surface area is 141 Å². The highest BCUT2D eigenvalue weighted by molar-refractivity contribution is 6.00. The molecule has 0 spiro atoms. The van der Waals surface area contributed by atoms with E-state index in [1.807, 2.05) is 36.0 Å². The van der Waals surface area contributed by atoms with Crippen molar-refractivity contribution in [1.29, 1.82) is 5.26 Å². The van der Waals surface area contributed by atoms with Crippen LogP contribution in [-0.2, 0) is 23.7 Å². The number of ketones is 1. The molecule has 2 aliphatic rings. The van der Waals surface area contributed by atoms with Crippen LogP contribution in [0.15, 0.2) is 42.0 Å². The Morgan fingerprint density at radius 3 is 2.79 bits per heavy atom. The second kappa shape index (κ2) is 5.17. The second-order valence-corrected chi connectivity index (χ2v) is 6.98. The van der Waals surface area contributed by atoms with E-state index in [0.717, 1.165) is 29.8 Å². The molecular formula is C20H19N3O. The number of carbonyl (C=O) groups is 1. The van der Waals surface area contributed by atoms with E-state index in [2.05, 4.69) is 25.1 Å². The first kappa shape index (κ1) is 14.9. The van der Waals surface area contributed by atoms with Crippen molar-refractivity contribution in [1.82, 2.24) is 9.78 Å². The van der Waals surface area contributed by atoms with Gasteiger partial charge < -0.3 is 0 Å². The molecule has 1 aromatic heterocycles. The van der Waals surface area contributed by atoms with E-state index in [1.165, 1.54) is 5.56 Å². The lowest BCUT2D eigenvalue weighted by atomic mass is 9.61. The van der Waals surface area contributed by atoms with Crippen molar-refractivity contribution in [3.05, 3.63) is 53.2 Å². The van der Waals surface area contributed by atoms with Crippen LogP contribution in [0.25, 0.3) is 11.3 Å². The summed E-state index contributed by atoms with van der Waals surface area (Å²) in [5.74, 6) is 0.204. The van der Waals surface area contributed by atoms with Gasteiger partial charge in [0.25, 0.3) is 0 Å². The zero-order chi connectivity index (χ0) is 16.9. The first-order valence-electron chi connectivity index (χ1n) is 8.32. The van der Waals surface area contributed by atoms with Crippen LogP contribution in [0.4, 0.5) is 0 Å². The average molecular weight is 317 g/mol. The van der Waals surface area contributed by atoms with E-state index >= 15 is 0 Å². The lowest BCUT2D eigenvalue weighted by Crippen LogP contribution is -2.40. The van der Waals surface area contributed by atoms with Crippen molar-refractivity contribution >= 4 is 5.78 Å². The number of allylic oxidation sites excluding steroid dienone is 2. The third-order valence-electron chi connectivity index (χ3n) is 5.59. The molecule has 0 aliphatic heterocycles. The number of aromatic nitrogens is 2. The highest BCUT2D eigenvalue weighted by Crippen LogP contribution is 2.49. The first-order chi connectivity index (χ1) is 11.5. The molecule has 120 valence electrons. The van der Waals surface area contributed by atoms with Gasteiger partial charge in [-0.15, -0.1) is 0 Å². The molecule has 0 N–H and O–H groups in total. The summed E-state index contributed by atoms with van der Waals surface area (Å²) >= 11 is 0. The average Bonchev–Trinajstić information content (AvgIpc) is 2.93. The van der Waals surface area contributed by atoms with Crippen LogP contribution < -0.4 is 0 Å². The first-order valence-corrected chi connectivity index (χ1v) is 8.32. The lowest BCUT2D eigenvalue weighted by molar-refractivity contribution is -0.117. The highest BCUT2D eigenvalue weighted by Gasteiger charge is 2.46. The number of hydrogen-bond donors (Lipinski definition) is 0. The van der Waals surface area contributed by atoms with Gasteiger partial charge in [0.2, 0.25) is 0 Å². The van der Waals surface area contributed by atoms with E-state index in [0.29, 0.717) is 6.42 Å². The molecule has 0 amide bonds. The van der Waals surface area contributed by atoms with Gasteiger partial charge in [0.15, 0.2) is 5.78 Å². The molecule has 0 saturated heterocycles. The van der Waals surface area contributed by atoms with Crippen molar-refractivity contribution in [3.63, 3.8) is 0 Å². The minimum Gasteiger partial charge on any atom is -0.293 e. The Morgan fingerprint density at radius 1 is 1.33 bits per heavy atom. The fourth-order valence-corrected chi connectivity index (χ4v) is 4.32. The van der Waals surface area contributed by atoms with Crippen LogP contribution >= 0.6 is 0 Å². The minimum atomic E-state index is -0.336. The van der Waals surface area contributed by atoms with Crippen molar-refractivity contribution < 1.29 is 4.79 Å². The summed E-state index contributed by atoms with van der Waals surface area (Å²) in [4.78, 5) is 12.1. The molecule has 2 aliphatic carbocycles. The van der Waals surface area contributed by atoms with Crippen molar-refractivity contribution in [3.8, 4) is 17.3 Å². The van der Waals surface area contributed by atoms with Gasteiger partial charge in [-0.05, 0) is 18.8 Å². The van der Waals surface area contributed by atoms with Crippen LogP contribution in [0, 0.1) is 17.2 Å². The number of nitriles is 1. The van der Waals surface area contributed by atoms with E-state index < -0.39 is 0 Å². The van der Waals surface area contributed by atoms with Gasteiger partial charge in [-0.2, -0.15) is 10.4 Å². The molecule has 4 rings (SSSR count). The maximum absolute atomic E-state index is 12.1. The highest BCUT2D eigenvalue weighted by atomic mass is 16.1. The molecular weight excluding hydrogens is 298 g/mol. The van der Waals surface area contributed by atoms with Gasteiger partial charge in [-0.3, -0.25) is 9.48 Å². The van der Waals surface area contributed by atoms with E-state index in [-0.39, 0.29) is 22.7 Å². The van der Waals surface area contributed by atoms with Gasteiger partial charge in [0.05, 0.1) is 17.0 Å².